The largest absolute Gasteiger partial charge is 0.382 e. The van der Waals surface area contributed by atoms with Crippen molar-refractivity contribution in [2.75, 3.05) is 22.1 Å². The quantitative estimate of drug-likeness (QED) is 0.328. The molecule has 0 saturated heterocycles. The summed E-state index contributed by atoms with van der Waals surface area (Å²) in [6.07, 6.45) is 0. The predicted octanol–water partition coefficient (Wildman–Crippen LogP) is 3.44. The first-order valence-corrected chi connectivity index (χ1v) is 10.2. The van der Waals surface area contributed by atoms with Gasteiger partial charge in [0.1, 0.15) is 11.5 Å². The first kappa shape index (κ1) is 22.3. The van der Waals surface area contributed by atoms with Crippen LogP contribution in [-0.4, -0.2) is 27.5 Å². The topological polar surface area (TPSA) is 130 Å². The highest BCUT2D eigenvalue weighted by Gasteiger charge is 2.15. The fourth-order valence-corrected chi connectivity index (χ4v) is 3.30. The number of anilines is 3. The van der Waals surface area contributed by atoms with Crippen LogP contribution in [0.5, 0.6) is 0 Å². The van der Waals surface area contributed by atoms with E-state index < -0.39 is 17.3 Å². The molecule has 3 rings (SSSR count). The Morgan fingerprint density at radius 1 is 1.19 bits per heavy atom. The van der Waals surface area contributed by atoms with Gasteiger partial charge in [0, 0.05) is 16.3 Å². The number of carbonyl (C=O) groups excluding carboxylic acids is 2. The number of nitrogens with one attached hydrogen (secondary N) is 3. The number of amides is 2. The van der Waals surface area contributed by atoms with Gasteiger partial charge in [-0.25, -0.2) is 9.37 Å². The Balaban J connectivity index is 1.63. The molecule has 8 nitrogen and oxygen atoms in total. The Hall–Kier alpha value is -3.37. The number of nitrogens with two attached hydrogens (primary N) is 1. The second kappa shape index (κ2) is 9.63. The van der Waals surface area contributed by atoms with E-state index >= 15 is 0 Å². The predicted molar refractivity (Wildman–Crippen MR) is 119 cm³/mol. The van der Waals surface area contributed by atoms with Crippen molar-refractivity contribution in [1.82, 2.24) is 9.97 Å². The van der Waals surface area contributed by atoms with Crippen molar-refractivity contribution >= 4 is 52.4 Å². The van der Waals surface area contributed by atoms with Gasteiger partial charge in [-0.3, -0.25) is 19.4 Å². The molecule has 0 aliphatic rings. The van der Waals surface area contributed by atoms with Crippen LogP contribution in [0.1, 0.15) is 15.9 Å². The van der Waals surface area contributed by atoms with E-state index in [-0.39, 0.29) is 33.9 Å². The first-order valence-electron chi connectivity index (χ1n) is 8.88. The zero-order valence-electron chi connectivity index (χ0n) is 16.2. The molecular formula is C20H17ClFN5O3S. The van der Waals surface area contributed by atoms with Gasteiger partial charge in [-0.1, -0.05) is 29.4 Å². The highest BCUT2D eigenvalue weighted by molar-refractivity contribution is 7.99. The molecule has 160 valence electrons. The number of thioether (sulfide) groups is 1. The van der Waals surface area contributed by atoms with Gasteiger partial charge in [-0.05, 0) is 48.9 Å². The number of aromatic nitrogens is 2. The molecule has 1 heterocycles. The summed E-state index contributed by atoms with van der Waals surface area (Å²) in [6, 6.07) is 9.92. The lowest BCUT2D eigenvalue weighted by Crippen LogP contribution is -2.23. The van der Waals surface area contributed by atoms with E-state index in [4.69, 9.17) is 17.3 Å². The number of benzene rings is 2. The monoisotopic (exact) mass is 461 g/mol. The molecule has 0 saturated carbocycles. The molecule has 0 bridgehead atoms. The Bertz CT molecular complexity index is 1200. The number of aromatic amines is 1. The highest BCUT2D eigenvalue weighted by atomic mass is 35.5. The Labute approximate surface area is 185 Å². The molecule has 2 amide bonds. The number of hydrogen-bond donors (Lipinski definition) is 4. The number of H-pyrrole nitrogens is 1. The maximum atomic E-state index is 13.0. The minimum atomic E-state index is -0.684. The SMILES string of the molecule is Cc1ccc(NC(=O)CSc2nc(N)c(NC(=O)c3ccc(F)cc3)c(=O)[nH]2)cc1Cl. The van der Waals surface area contributed by atoms with E-state index in [1.807, 2.05) is 6.92 Å². The summed E-state index contributed by atoms with van der Waals surface area (Å²) in [6.45, 7) is 1.85. The van der Waals surface area contributed by atoms with Crippen molar-refractivity contribution in [2.24, 2.45) is 0 Å². The number of hydrogen-bond acceptors (Lipinski definition) is 6. The van der Waals surface area contributed by atoms with E-state index in [2.05, 4.69) is 20.6 Å². The molecule has 0 unspecified atom stereocenters. The van der Waals surface area contributed by atoms with Crippen molar-refractivity contribution in [3.05, 3.63) is 74.8 Å². The fourth-order valence-electron chi connectivity index (χ4n) is 2.45. The van der Waals surface area contributed by atoms with E-state index in [9.17, 15) is 18.8 Å². The van der Waals surface area contributed by atoms with Gasteiger partial charge in [0.2, 0.25) is 5.91 Å². The van der Waals surface area contributed by atoms with Crippen LogP contribution in [0.2, 0.25) is 5.02 Å². The van der Waals surface area contributed by atoms with E-state index in [0.717, 1.165) is 29.5 Å². The van der Waals surface area contributed by atoms with Gasteiger partial charge in [-0.15, -0.1) is 0 Å². The molecule has 0 aliphatic carbocycles. The van der Waals surface area contributed by atoms with Crippen molar-refractivity contribution in [2.45, 2.75) is 12.1 Å². The van der Waals surface area contributed by atoms with Gasteiger partial charge < -0.3 is 16.4 Å². The van der Waals surface area contributed by atoms with Crippen LogP contribution >= 0.6 is 23.4 Å². The fraction of sp³-hybridized carbons (Fsp3) is 0.100. The van der Waals surface area contributed by atoms with Crippen molar-refractivity contribution in [3.8, 4) is 0 Å². The molecule has 11 heteroatoms. The van der Waals surface area contributed by atoms with E-state index in [1.165, 1.54) is 12.1 Å². The number of aryl methyl sites for hydroxylation is 1. The second-order valence-electron chi connectivity index (χ2n) is 6.39. The van der Waals surface area contributed by atoms with Crippen LogP contribution in [0.15, 0.2) is 52.4 Å². The molecule has 0 aliphatic heterocycles. The molecule has 1 aromatic heterocycles. The number of halogens is 2. The standard InChI is InChI=1S/C20H17ClFN5O3S/c1-10-2-7-13(8-14(10)21)24-15(28)9-31-20-26-17(23)16(19(30)27-20)25-18(29)11-3-5-12(22)6-4-11/h2-8H,9H2,1H3,(H,24,28)(H,25,29)(H3,23,26,27,30). The summed E-state index contributed by atoms with van der Waals surface area (Å²) in [5, 5.41) is 5.69. The third kappa shape index (κ3) is 5.83. The molecule has 0 radical (unpaired) electrons. The van der Waals surface area contributed by atoms with Crippen molar-refractivity contribution < 1.29 is 14.0 Å². The normalized spacial score (nSPS) is 10.5. The molecule has 5 N–H and O–H groups in total. The summed E-state index contributed by atoms with van der Waals surface area (Å²) >= 11 is 7.00. The molecule has 3 aromatic rings. The lowest BCUT2D eigenvalue weighted by Gasteiger charge is -2.09. The van der Waals surface area contributed by atoms with Crippen molar-refractivity contribution in [1.29, 1.82) is 0 Å². The van der Waals surface area contributed by atoms with E-state index in [1.54, 1.807) is 18.2 Å². The molecule has 0 fully saturated rings. The van der Waals surface area contributed by atoms with E-state index in [0.29, 0.717) is 10.7 Å². The van der Waals surface area contributed by atoms with Gasteiger partial charge in [-0.2, -0.15) is 0 Å². The van der Waals surface area contributed by atoms with Crippen LogP contribution < -0.4 is 21.9 Å². The average molecular weight is 462 g/mol. The third-order valence-electron chi connectivity index (χ3n) is 4.07. The molecule has 2 aromatic carbocycles. The second-order valence-corrected chi connectivity index (χ2v) is 7.76. The summed E-state index contributed by atoms with van der Waals surface area (Å²) in [5.74, 6) is -1.73. The molecule has 0 atom stereocenters. The molecule has 0 spiro atoms. The minimum Gasteiger partial charge on any atom is -0.382 e. The lowest BCUT2D eigenvalue weighted by molar-refractivity contribution is -0.113. The lowest BCUT2D eigenvalue weighted by atomic mass is 10.2. The summed E-state index contributed by atoms with van der Waals surface area (Å²) < 4.78 is 13.0. The zero-order valence-corrected chi connectivity index (χ0v) is 17.7. The first-order chi connectivity index (χ1) is 14.7. The number of carbonyl (C=O) groups is 2. The van der Waals surface area contributed by atoms with Crippen LogP contribution in [0.4, 0.5) is 21.6 Å². The summed E-state index contributed by atoms with van der Waals surface area (Å²) in [7, 11) is 0. The van der Waals surface area contributed by atoms with Gasteiger partial charge >= 0.3 is 0 Å². The third-order valence-corrected chi connectivity index (χ3v) is 5.35. The van der Waals surface area contributed by atoms with Gasteiger partial charge in [0.05, 0.1) is 5.75 Å². The summed E-state index contributed by atoms with van der Waals surface area (Å²) in [5.41, 5.74) is 6.45. The van der Waals surface area contributed by atoms with Gasteiger partial charge in [0.25, 0.3) is 11.5 Å². The molecule has 31 heavy (non-hydrogen) atoms. The number of rotatable bonds is 6. The van der Waals surface area contributed by atoms with Crippen LogP contribution in [0, 0.1) is 12.7 Å². The Morgan fingerprint density at radius 3 is 2.55 bits per heavy atom. The smallest absolute Gasteiger partial charge is 0.277 e. The average Bonchev–Trinajstić information content (AvgIpc) is 2.72. The maximum Gasteiger partial charge on any atom is 0.277 e. The minimum absolute atomic E-state index is 0.0465. The van der Waals surface area contributed by atoms with Crippen LogP contribution in [0.3, 0.4) is 0 Å². The highest BCUT2D eigenvalue weighted by Crippen LogP contribution is 2.21. The Morgan fingerprint density at radius 2 is 1.90 bits per heavy atom. The van der Waals surface area contributed by atoms with Crippen molar-refractivity contribution in [3.63, 3.8) is 0 Å². The zero-order chi connectivity index (χ0) is 22.5. The number of nitrogens with zero attached hydrogens (tertiary/aromatic N) is 1. The van der Waals surface area contributed by atoms with Crippen LogP contribution in [0.25, 0.3) is 0 Å². The van der Waals surface area contributed by atoms with Crippen LogP contribution in [-0.2, 0) is 4.79 Å². The Kier molecular flexibility index (Phi) is 6.93. The maximum absolute atomic E-state index is 13.0. The van der Waals surface area contributed by atoms with Gasteiger partial charge in [0.15, 0.2) is 11.0 Å². The summed E-state index contributed by atoms with van der Waals surface area (Å²) in [4.78, 5) is 43.1. The molecular weight excluding hydrogens is 445 g/mol. The number of nitrogen functional groups attached to an aromatic ring is 1.